The van der Waals surface area contributed by atoms with Crippen molar-refractivity contribution in [1.82, 2.24) is 0 Å². The Balaban J connectivity index is 1.61. The zero-order valence-electron chi connectivity index (χ0n) is 15.4. The Bertz CT molecular complexity index is 880. The van der Waals surface area contributed by atoms with Crippen LogP contribution in [0.25, 0.3) is 0 Å². The van der Waals surface area contributed by atoms with Gasteiger partial charge < -0.3 is 14.6 Å². The molecular formula is C22H25N2O3+. The van der Waals surface area contributed by atoms with Crippen molar-refractivity contribution in [3.05, 3.63) is 54.1 Å². The Morgan fingerprint density at radius 3 is 2.59 bits per heavy atom. The van der Waals surface area contributed by atoms with Gasteiger partial charge in [0, 0.05) is 12.0 Å². The first-order chi connectivity index (χ1) is 13.3. The lowest BCUT2D eigenvalue weighted by Gasteiger charge is -2.30. The van der Waals surface area contributed by atoms with Crippen molar-refractivity contribution < 1.29 is 19.2 Å². The minimum atomic E-state index is -1.12. The van der Waals surface area contributed by atoms with Crippen molar-refractivity contribution in [1.29, 1.82) is 0 Å². The number of aliphatic hydroxyl groups is 1. The predicted octanol–water partition coefficient (Wildman–Crippen LogP) is 3.11. The zero-order chi connectivity index (χ0) is 18.3. The molecule has 1 atom stereocenters. The van der Waals surface area contributed by atoms with Gasteiger partial charge in [0.05, 0.1) is 6.54 Å². The lowest BCUT2D eigenvalue weighted by atomic mass is 9.99. The van der Waals surface area contributed by atoms with Gasteiger partial charge in [0.1, 0.15) is 18.9 Å². The molecule has 140 valence electrons. The van der Waals surface area contributed by atoms with Crippen LogP contribution in [0.1, 0.15) is 31.2 Å². The Hall–Kier alpha value is -2.53. The fraction of sp³-hybridized carbons (Fsp3) is 0.409. The standard InChI is InChI=1S/C22H25N2O3/c25-22(17-10-11-19-20(15-17)27-14-13-26-19)16-23-12-6-2-5-9-21(23)24(22)18-7-3-1-4-8-18/h1,3-4,7-8,10-11,15,25H,2,5-6,9,12-14,16H2/q+1. The highest BCUT2D eigenvalue weighted by Gasteiger charge is 2.54. The molecule has 0 amide bonds. The third-order valence-electron chi connectivity index (χ3n) is 5.75. The number of hydrogen-bond donors (Lipinski definition) is 1. The van der Waals surface area contributed by atoms with Crippen molar-refractivity contribution >= 4 is 11.5 Å². The van der Waals surface area contributed by atoms with E-state index in [4.69, 9.17) is 9.47 Å². The van der Waals surface area contributed by atoms with Gasteiger partial charge in [-0.15, -0.1) is 0 Å². The highest BCUT2D eigenvalue weighted by molar-refractivity contribution is 5.97. The first-order valence-electron chi connectivity index (χ1n) is 9.84. The maximum atomic E-state index is 12.0. The molecule has 0 aromatic heterocycles. The molecule has 0 bridgehead atoms. The van der Waals surface area contributed by atoms with Crippen LogP contribution in [0.2, 0.25) is 0 Å². The van der Waals surface area contributed by atoms with Crippen LogP contribution in [0.4, 0.5) is 5.69 Å². The van der Waals surface area contributed by atoms with Crippen LogP contribution in [0.15, 0.2) is 48.5 Å². The maximum Gasteiger partial charge on any atom is 0.275 e. The van der Waals surface area contributed by atoms with Crippen LogP contribution < -0.4 is 14.4 Å². The summed E-state index contributed by atoms with van der Waals surface area (Å²) in [6.07, 6.45) is 4.56. The van der Waals surface area contributed by atoms with Gasteiger partial charge in [-0.25, -0.2) is 0 Å². The highest BCUT2D eigenvalue weighted by Crippen LogP contribution is 2.41. The average molecular weight is 365 g/mol. The van der Waals surface area contributed by atoms with Crippen LogP contribution in [0.5, 0.6) is 11.5 Å². The molecule has 0 aliphatic carbocycles. The lowest BCUT2D eigenvalue weighted by molar-refractivity contribution is -0.534. The van der Waals surface area contributed by atoms with Crippen molar-refractivity contribution in [2.75, 3.05) is 31.2 Å². The fourth-order valence-corrected chi connectivity index (χ4v) is 4.48. The van der Waals surface area contributed by atoms with Crippen LogP contribution in [0, 0.1) is 0 Å². The van der Waals surface area contributed by atoms with Gasteiger partial charge in [-0.05, 0) is 49.6 Å². The van der Waals surface area contributed by atoms with Crippen molar-refractivity contribution in [2.24, 2.45) is 0 Å². The molecule has 0 saturated carbocycles. The average Bonchev–Trinajstić information content (AvgIpc) is 2.84. The minimum Gasteiger partial charge on any atom is -0.486 e. The van der Waals surface area contributed by atoms with Crippen molar-refractivity contribution in [2.45, 2.75) is 31.4 Å². The summed E-state index contributed by atoms with van der Waals surface area (Å²) in [5.74, 6) is 2.68. The molecule has 3 aliphatic heterocycles. The number of benzene rings is 2. The molecule has 3 aliphatic rings. The fourth-order valence-electron chi connectivity index (χ4n) is 4.48. The summed E-state index contributed by atoms with van der Waals surface area (Å²) >= 11 is 0. The highest BCUT2D eigenvalue weighted by atomic mass is 16.6. The van der Waals surface area contributed by atoms with Crippen molar-refractivity contribution in [3.8, 4) is 11.5 Å². The third-order valence-corrected chi connectivity index (χ3v) is 5.75. The molecule has 3 heterocycles. The molecule has 5 rings (SSSR count). The van der Waals surface area contributed by atoms with E-state index in [1.807, 2.05) is 36.4 Å². The topological polar surface area (TPSA) is 44.9 Å². The molecule has 2 aromatic carbocycles. The summed E-state index contributed by atoms with van der Waals surface area (Å²) in [5, 5.41) is 12.0. The maximum absolute atomic E-state index is 12.0. The predicted molar refractivity (Wildman–Crippen MR) is 104 cm³/mol. The van der Waals surface area contributed by atoms with E-state index >= 15 is 0 Å². The van der Waals surface area contributed by atoms with E-state index in [1.54, 1.807) is 0 Å². The molecule has 27 heavy (non-hydrogen) atoms. The second kappa shape index (κ2) is 6.57. The van der Waals surface area contributed by atoms with E-state index in [2.05, 4.69) is 21.6 Å². The van der Waals surface area contributed by atoms with E-state index in [9.17, 15) is 5.11 Å². The van der Waals surface area contributed by atoms with Crippen LogP contribution >= 0.6 is 0 Å². The number of ether oxygens (including phenoxy) is 2. The summed E-state index contributed by atoms with van der Waals surface area (Å²) < 4.78 is 13.8. The van der Waals surface area contributed by atoms with E-state index < -0.39 is 5.72 Å². The molecule has 0 fully saturated rings. The second-order valence-corrected chi connectivity index (χ2v) is 7.49. The number of anilines is 1. The molecule has 0 radical (unpaired) electrons. The van der Waals surface area contributed by atoms with E-state index in [0.717, 1.165) is 36.4 Å². The summed E-state index contributed by atoms with van der Waals surface area (Å²) in [4.78, 5) is 2.13. The van der Waals surface area contributed by atoms with Crippen molar-refractivity contribution in [3.63, 3.8) is 0 Å². The summed E-state index contributed by atoms with van der Waals surface area (Å²) in [6, 6.07) is 16.0. The number of nitrogens with zero attached hydrogens (tertiary/aromatic N) is 2. The summed E-state index contributed by atoms with van der Waals surface area (Å²) in [7, 11) is 0. The Morgan fingerprint density at radius 1 is 0.926 bits per heavy atom. The van der Waals surface area contributed by atoms with Crippen LogP contribution in [-0.4, -0.2) is 41.8 Å². The number of amidine groups is 1. The number of rotatable bonds is 2. The van der Waals surface area contributed by atoms with E-state index in [-0.39, 0.29) is 0 Å². The Labute approximate surface area is 159 Å². The second-order valence-electron chi connectivity index (χ2n) is 7.49. The van der Waals surface area contributed by atoms with Gasteiger partial charge in [-0.3, -0.25) is 4.58 Å². The molecule has 5 heteroatoms. The summed E-state index contributed by atoms with van der Waals surface area (Å²) in [6.45, 7) is 2.67. The molecule has 5 nitrogen and oxygen atoms in total. The Morgan fingerprint density at radius 2 is 1.74 bits per heavy atom. The molecule has 0 saturated heterocycles. The normalized spacial score (nSPS) is 24.6. The molecule has 1 unspecified atom stereocenters. The number of hydrogen-bond acceptors (Lipinski definition) is 4. The number of fused-ring (bicyclic) bond motifs is 1. The van der Waals surface area contributed by atoms with E-state index in [0.29, 0.717) is 25.5 Å². The third kappa shape index (κ3) is 2.77. The van der Waals surface area contributed by atoms with Gasteiger partial charge in [0.25, 0.3) is 11.6 Å². The van der Waals surface area contributed by atoms with E-state index in [1.165, 1.54) is 18.7 Å². The molecule has 2 aromatic rings. The first-order valence-corrected chi connectivity index (χ1v) is 9.84. The van der Waals surface area contributed by atoms with Gasteiger partial charge in [0.2, 0.25) is 0 Å². The number of para-hydroxylation sites is 1. The lowest BCUT2D eigenvalue weighted by Crippen LogP contribution is -2.47. The van der Waals surface area contributed by atoms with Gasteiger partial charge in [0.15, 0.2) is 18.0 Å². The summed E-state index contributed by atoms with van der Waals surface area (Å²) in [5.41, 5.74) is 0.745. The minimum absolute atomic E-state index is 0.542. The molecule has 1 N–H and O–H groups in total. The molecule has 0 spiro atoms. The van der Waals surface area contributed by atoms with Crippen LogP contribution in [-0.2, 0) is 5.72 Å². The largest absolute Gasteiger partial charge is 0.486 e. The molecular weight excluding hydrogens is 340 g/mol. The van der Waals surface area contributed by atoms with Gasteiger partial charge in [-0.2, -0.15) is 4.90 Å². The Kier molecular flexibility index (Phi) is 4.05. The van der Waals surface area contributed by atoms with Crippen LogP contribution in [0.3, 0.4) is 0 Å². The van der Waals surface area contributed by atoms with Gasteiger partial charge >= 0.3 is 0 Å². The quantitative estimate of drug-likeness (QED) is 0.831. The SMILES string of the molecule is OC1(c2ccc3c(c2)OCCO3)C[N+]2=C(CCCCC2)N1c1ccccc1. The monoisotopic (exact) mass is 365 g/mol. The zero-order valence-corrected chi connectivity index (χ0v) is 15.4. The first kappa shape index (κ1) is 16.6. The van der Waals surface area contributed by atoms with Gasteiger partial charge in [-0.1, -0.05) is 18.2 Å². The smallest absolute Gasteiger partial charge is 0.275 e.